The van der Waals surface area contributed by atoms with Crippen LogP contribution in [0.4, 0.5) is 30.7 Å². The van der Waals surface area contributed by atoms with Crippen molar-refractivity contribution in [3.8, 4) is 5.75 Å². The predicted octanol–water partition coefficient (Wildman–Crippen LogP) is 4.30. The highest BCUT2D eigenvalue weighted by Crippen LogP contribution is 2.52. The summed E-state index contributed by atoms with van der Waals surface area (Å²) in [7, 11) is 0. The maximum Gasteiger partial charge on any atom is 0.460 e. The molecule has 1 rings (SSSR count). The summed E-state index contributed by atoms with van der Waals surface area (Å²) >= 11 is 0. The Kier molecular flexibility index (Phi) is 3.51. The monoisotopic (exact) mass is 290 g/mol. The van der Waals surface area contributed by atoms with Crippen molar-refractivity contribution >= 4 is 0 Å². The first kappa shape index (κ1) is 15.6. The maximum atomic E-state index is 13.4. The van der Waals surface area contributed by atoms with Gasteiger partial charge in [-0.05, 0) is 37.1 Å². The van der Waals surface area contributed by atoms with E-state index in [-0.39, 0.29) is 11.1 Å². The van der Waals surface area contributed by atoms with Gasteiger partial charge in [0.2, 0.25) is 0 Å². The summed E-state index contributed by atoms with van der Waals surface area (Å²) in [5.41, 5.74) is -1.93. The van der Waals surface area contributed by atoms with Crippen LogP contribution in [-0.2, 0) is 5.92 Å². The summed E-state index contributed by atoms with van der Waals surface area (Å²) in [5.74, 6) is -12.1. The minimum atomic E-state index is -6.38. The van der Waals surface area contributed by atoms with Crippen LogP contribution in [0.1, 0.15) is 16.7 Å². The van der Waals surface area contributed by atoms with Crippen LogP contribution in [0.2, 0.25) is 0 Å². The standard InChI is InChI=1S/C11H9F7O/c1-5-3-7(4-6(2)8(5)19)9(12,13)10(14,15)11(16,17)18/h3-4,19H,1-2H3. The van der Waals surface area contributed by atoms with Crippen LogP contribution in [0.15, 0.2) is 12.1 Å². The molecule has 1 N–H and O–H groups in total. The van der Waals surface area contributed by atoms with Crippen LogP contribution in [0, 0.1) is 13.8 Å². The third-order valence-electron chi connectivity index (χ3n) is 2.60. The van der Waals surface area contributed by atoms with E-state index in [4.69, 9.17) is 0 Å². The van der Waals surface area contributed by atoms with Gasteiger partial charge in [-0.2, -0.15) is 30.7 Å². The van der Waals surface area contributed by atoms with Crippen molar-refractivity contribution in [1.82, 2.24) is 0 Å². The normalized spacial score (nSPS) is 13.7. The molecular formula is C11H9F7O. The van der Waals surface area contributed by atoms with Crippen molar-refractivity contribution in [3.63, 3.8) is 0 Å². The Morgan fingerprint density at radius 3 is 1.53 bits per heavy atom. The highest BCUT2D eigenvalue weighted by atomic mass is 19.4. The molecule has 0 aliphatic rings. The van der Waals surface area contributed by atoms with Crippen LogP contribution in [0.25, 0.3) is 0 Å². The summed E-state index contributed by atoms with van der Waals surface area (Å²) < 4.78 is 88.4. The topological polar surface area (TPSA) is 20.2 Å². The minimum absolute atomic E-state index is 0.215. The Labute approximate surface area is 103 Å². The van der Waals surface area contributed by atoms with E-state index >= 15 is 0 Å². The zero-order valence-corrected chi connectivity index (χ0v) is 9.75. The lowest BCUT2D eigenvalue weighted by Crippen LogP contribution is -2.50. The third-order valence-corrected chi connectivity index (χ3v) is 2.60. The van der Waals surface area contributed by atoms with Crippen molar-refractivity contribution < 1.29 is 35.8 Å². The minimum Gasteiger partial charge on any atom is -0.507 e. The van der Waals surface area contributed by atoms with E-state index in [9.17, 15) is 35.8 Å². The second-order valence-corrected chi connectivity index (χ2v) is 4.11. The fourth-order valence-corrected chi connectivity index (χ4v) is 1.50. The molecule has 0 radical (unpaired) electrons. The molecule has 1 aromatic rings. The van der Waals surface area contributed by atoms with Gasteiger partial charge in [0.25, 0.3) is 0 Å². The average molecular weight is 290 g/mol. The van der Waals surface area contributed by atoms with Crippen molar-refractivity contribution in [2.24, 2.45) is 0 Å². The van der Waals surface area contributed by atoms with E-state index in [1.807, 2.05) is 0 Å². The Balaban J connectivity index is 3.44. The smallest absolute Gasteiger partial charge is 0.460 e. The number of aryl methyl sites for hydroxylation is 2. The lowest BCUT2D eigenvalue weighted by Gasteiger charge is -2.29. The van der Waals surface area contributed by atoms with E-state index in [0.29, 0.717) is 12.1 Å². The highest BCUT2D eigenvalue weighted by molar-refractivity contribution is 5.44. The summed E-state index contributed by atoms with van der Waals surface area (Å²) in [6.07, 6.45) is -6.38. The fraction of sp³-hybridized carbons (Fsp3) is 0.455. The van der Waals surface area contributed by atoms with E-state index in [2.05, 4.69) is 0 Å². The quantitative estimate of drug-likeness (QED) is 0.805. The Bertz CT molecular complexity index is 467. The number of rotatable bonds is 2. The summed E-state index contributed by atoms with van der Waals surface area (Å²) in [6.45, 7) is 2.24. The fourth-order valence-electron chi connectivity index (χ4n) is 1.50. The first-order valence-corrected chi connectivity index (χ1v) is 4.95. The molecule has 0 saturated carbocycles. The number of hydrogen-bond donors (Lipinski definition) is 1. The van der Waals surface area contributed by atoms with E-state index < -0.39 is 29.3 Å². The van der Waals surface area contributed by atoms with Crippen molar-refractivity contribution in [2.75, 3.05) is 0 Å². The van der Waals surface area contributed by atoms with Gasteiger partial charge in [-0.3, -0.25) is 0 Å². The molecule has 0 saturated heterocycles. The first-order chi connectivity index (χ1) is 8.32. The number of hydrogen-bond acceptors (Lipinski definition) is 1. The molecule has 0 amide bonds. The van der Waals surface area contributed by atoms with Crippen molar-refractivity contribution in [2.45, 2.75) is 31.9 Å². The molecular weight excluding hydrogens is 281 g/mol. The lowest BCUT2D eigenvalue weighted by molar-refractivity contribution is -0.359. The van der Waals surface area contributed by atoms with Gasteiger partial charge in [-0.25, -0.2) is 0 Å². The van der Waals surface area contributed by atoms with E-state index in [1.54, 1.807) is 0 Å². The Morgan fingerprint density at radius 2 is 1.21 bits per heavy atom. The number of phenols is 1. The van der Waals surface area contributed by atoms with Gasteiger partial charge in [-0.15, -0.1) is 0 Å². The molecule has 0 bridgehead atoms. The molecule has 0 atom stereocenters. The number of benzene rings is 1. The Hall–Kier alpha value is -1.47. The van der Waals surface area contributed by atoms with Gasteiger partial charge >= 0.3 is 18.0 Å². The Morgan fingerprint density at radius 1 is 0.842 bits per heavy atom. The van der Waals surface area contributed by atoms with Crippen LogP contribution >= 0.6 is 0 Å². The first-order valence-electron chi connectivity index (χ1n) is 4.95. The summed E-state index contributed by atoms with van der Waals surface area (Å²) in [5, 5.41) is 9.30. The molecule has 0 spiro atoms. The molecule has 0 aliphatic heterocycles. The van der Waals surface area contributed by atoms with Gasteiger partial charge in [0.05, 0.1) is 0 Å². The molecule has 0 unspecified atom stereocenters. The third kappa shape index (κ3) is 2.35. The highest BCUT2D eigenvalue weighted by Gasteiger charge is 2.73. The van der Waals surface area contributed by atoms with Crippen LogP contribution in [0.3, 0.4) is 0 Å². The zero-order chi connectivity index (χ0) is 15.2. The van der Waals surface area contributed by atoms with Crippen LogP contribution < -0.4 is 0 Å². The number of alkyl halides is 7. The molecule has 0 aliphatic carbocycles. The molecule has 19 heavy (non-hydrogen) atoms. The lowest BCUT2D eigenvalue weighted by atomic mass is 9.97. The molecule has 1 nitrogen and oxygen atoms in total. The summed E-state index contributed by atoms with van der Waals surface area (Å²) in [4.78, 5) is 0. The summed E-state index contributed by atoms with van der Waals surface area (Å²) in [6, 6.07) is 0.809. The average Bonchev–Trinajstić information content (AvgIpc) is 2.23. The van der Waals surface area contributed by atoms with Crippen molar-refractivity contribution in [3.05, 3.63) is 28.8 Å². The van der Waals surface area contributed by atoms with Gasteiger partial charge in [-0.1, -0.05) is 0 Å². The molecule has 0 heterocycles. The molecule has 0 fully saturated rings. The zero-order valence-electron chi connectivity index (χ0n) is 9.75. The second-order valence-electron chi connectivity index (χ2n) is 4.11. The second kappa shape index (κ2) is 4.28. The largest absolute Gasteiger partial charge is 0.507 e. The van der Waals surface area contributed by atoms with Crippen molar-refractivity contribution in [1.29, 1.82) is 0 Å². The number of phenolic OH excluding ortho intramolecular Hbond substituents is 1. The van der Waals surface area contributed by atoms with Gasteiger partial charge in [0, 0.05) is 5.56 Å². The molecule has 1 aromatic carbocycles. The number of halogens is 7. The SMILES string of the molecule is Cc1cc(C(F)(F)C(F)(F)C(F)(F)F)cc(C)c1O. The van der Waals surface area contributed by atoms with Gasteiger partial charge in [0.1, 0.15) is 5.75 Å². The number of aromatic hydroxyl groups is 1. The van der Waals surface area contributed by atoms with Crippen LogP contribution in [0.5, 0.6) is 5.75 Å². The van der Waals surface area contributed by atoms with E-state index in [0.717, 1.165) is 13.8 Å². The molecule has 108 valence electrons. The van der Waals surface area contributed by atoms with Crippen LogP contribution in [-0.4, -0.2) is 17.2 Å². The molecule has 8 heteroatoms. The van der Waals surface area contributed by atoms with Gasteiger partial charge in [0.15, 0.2) is 0 Å². The van der Waals surface area contributed by atoms with E-state index in [1.165, 1.54) is 0 Å². The maximum absolute atomic E-state index is 13.4. The molecule has 0 aromatic heterocycles. The van der Waals surface area contributed by atoms with Gasteiger partial charge < -0.3 is 5.11 Å². The predicted molar refractivity (Wildman–Crippen MR) is 52.5 cm³/mol.